The highest BCUT2D eigenvalue weighted by Gasteiger charge is 2.42. The lowest BCUT2D eigenvalue weighted by molar-refractivity contribution is 0.597. The van der Waals surface area contributed by atoms with Crippen molar-refractivity contribution in [2.75, 3.05) is 6.54 Å². The van der Waals surface area contributed by atoms with Gasteiger partial charge >= 0.3 is 0 Å². The second kappa shape index (κ2) is 3.93. The molecule has 1 fully saturated rings. The Morgan fingerprint density at radius 2 is 2.23 bits per heavy atom. The molecule has 3 heteroatoms. The van der Waals surface area contributed by atoms with E-state index in [0.717, 1.165) is 19.4 Å². The predicted molar refractivity (Wildman–Crippen MR) is 57.8 cm³/mol. The van der Waals surface area contributed by atoms with Crippen LogP contribution in [-0.4, -0.2) is 25.8 Å². The minimum Gasteiger partial charge on any atom is -0.242 e. The quantitative estimate of drug-likeness (QED) is 0.504. The Hall–Kier alpha value is -0.150. The Morgan fingerprint density at radius 3 is 2.69 bits per heavy atom. The first-order chi connectivity index (χ1) is 5.96. The van der Waals surface area contributed by atoms with Gasteiger partial charge in [-0.2, -0.15) is 0 Å². The molecule has 1 aliphatic heterocycles. The first-order valence-electron chi connectivity index (χ1n) is 4.76. The molecule has 1 heterocycles. The fraction of sp³-hybridized carbons (Fsp3) is 0.800. The summed E-state index contributed by atoms with van der Waals surface area (Å²) in [4.78, 5) is 0. The van der Waals surface area contributed by atoms with Crippen LogP contribution in [0, 0.1) is 0 Å². The van der Waals surface area contributed by atoms with E-state index in [-0.39, 0.29) is 4.75 Å². The maximum Gasteiger partial charge on any atom is 0.100 e. The highest BCUT2D eigenvalue weighted by atomic mass is 32.2. The third-order valence-corrected chi connectivity index (χ3v) is 4.03. The maximum absolute atomic E-state index is 11.8. The average molecular weight is 201 g/mol. The van der Waals surface area contributed by atoms with E-state index in [2.05, 4.69) is 10.9 Å². The van der Waals surface area contributed by atoms with Gasteiger partial charge in [0, 0.05) is 12.6 Å². The molecule has 2 nitrogen and oxygen atoms in total. The zero-order valence-electron chi connectivity index (χ0n) is 8.75. The molecule has 2 unspecified atom stereocenters. The van der Waals surface area contributed by atoms with E-state index in [1.807, 2.05) is 26.8 Å². The molecule has 0 amide bonds. The maximum atomic E-state index is 11.8. The number of hydrogen-bond acceptors (Lipinski definition) is 1. The number of nitrogens with zero attached hydrogens (tertiary/aromatic N) is 1. The lowest BCUT2D eigenvalue weighted by Crippen LogP contribution is -2.28. The molecule has 0 N–H and O–H groups in total. The monoisotopic (exact) mass is 201 g/mol. The van der Waals surface area contributed by atoms with Crippen molar-refractivity contribution in [2.45, 2.75) is 44.4 Å². The molecule has 76 valence electrons. The smallest absolute Gasteiger partial charge is 0.100 e. The zero-order valence-corrected chi connectivity index (χ0v) is 9.56. The Kier molecular flexibility index (Phi) is 3.30. The molecule has 0 radical (unpaired) electrons. The van der Waals surface area contributed by atoms with Crippen LogP contribution in [0.1, 0.15) is 33.6 Å². The van der Waals surface area contributed by atoms with Crippen molar-refractivity contribution in [2.24, 2.45) is 0 Å². The zero-order chi connectivity index (χ0) is 10.1. The largest absolute Gasteiger partial charge is 0.242 e. The highest BCUT2D eigenvalue weighted by Crippen LogP contribution is 2.30. The van der Waals surface area contributed by atoms with E-state index >= 15 is 0 Å². The third kappa shape index (κ3) is 2.92. The van der Waals surface area contributed by atoms with Gasteiger partial charge in [-0.15, -0.1) is 6.58 Å². The summed E-state index contributed by atoms with van der Waals surface area (Å²) < 4.78 is 13.8. The van der Waals surface area contributed by atoms with Crippen LogP contribution in [0.4, 0.5) is 0 Å². The van der Waals surface area contributed by atoms with Crippen LogP contribution < -0.4 is 0 Å². The molecule has 1 aliphatic rings. The number of rotatable bonds is 4. The van der Waals surface area contributed by atoms with Gasteiger partial charge in [-0.1, -0.05) is 6.08 Å². The summed E-state index contributed by atoms with van der Waals surface area (Å²) >= 11 is 0. The molecule has 3 atom stereocenters. The summed E-state index contributed by atoms with van der Waals surface area (Å²) in [6.07, 6.45) is 4.06. The highest BCUT2D eigenvalue weighted by molar-refractivity contribution is 7.84. The molecule has 0 saturated carbocycles. The molecule has 0 bridgehead atoms. The van der Waals surface area contributed by atoms with E-state index in [1.54, 1.807) is 0 Å². The van der Waals surface area contributed by atoms with Crippen molar-refractivity contribution in [3.05, 3.63) is 12.7 Å². The molecule has 0 aromatic heterocycles. The van der Waals surface area contributed by atoms with Crippen LogP contribution in [0.25, 0.3) is 0 Å². The van der Waals surface area contributed by atoms with Gasteiger partial charge in [0.25, 0.3) is 0 Å². The first kappa shape index (κ1) is 10.9. The summed E-state index contributed by atoms with van der Waals surface area (Å²) in [6.45, 7) is 10.7. The molecular formula is C10H19NOS. The fourth-order valence-electron chi connectivity index (χ4n) is 1.26. The van der Waals surface area contributed by atoms with Gasteiger partial charge in [0.1, 0.15) is 11.0 Å². The van der Waals surface area contributed by atoms with Gasteiger partial charge in [0.2, 0.25) is 0 Å². The second-order valence-corrected chi connectivity index (χ2v) is 6.67. The van der Waals surface area contributed by atoms with Crippen molar-refractivity contribution in [3.63, 3.8) is 0 Å². The summed E-state index contributed by atoms with van der Waals surface area (Å²) in [6, 6.07) is 0.540. The Balaban J connectivity index is 2.34. The Morgan fingerprint density at radius 1 is 1.62 bits per heavy atom. The standard InChI is InChI=1S/C10H19NOS/c1-5-6-7-9-8-11(9)13(12)10(2,3)4/h5,9H,1,6-8H2,2-4H3/t9-,11?,13?/m1/s1. The minimum absolute atomic E-state index is 0.108. The minimum atomic E-state index is -0.812. The second-order valence-electron chi connectivity index (χ2n) is 4.48. The van der Waals surface area contributed by atoms with Gasteiger partial charge in [0.15, 0.2) is 0 Å². The van der Waals surface area contributed by atoms with Gasteiger partial charge in [-0.25, -0.2) is 8.51 Å². The first-order valence-corrected chi connectivity index (χ1v) is 5.87. The van der Waals surface area contributed by atoms with Crippen LogP contribution in [-0.2, 0) is 11.0 Å². The normalized spacial score (nSPS) is 29.8. The molecule has 1 rings (SSSR count). The van der Waals surface area contributed by atoms with E-state index in [9.17, 15) is 4.21 Å². The van der Waals surface area contributed by atoms with Crippen LogP contribution in [0.15, 0.2) is 12.7 Å². The van der Waals surface area contributed by atoms with Crippen LogP contribution in [0.3, 0.4) is 0 Å². The average Bonchev–Trinajstić information content (AvgIpc) is 2.76. The summed E-state index contributed by atoms with van der Waals surface area (Å²) in [7, 11) is -0.812. The van der Waals surface area contributed by atoms with Crippen molar-refractivity contribution in [1.82, 2.24) is 4.31 Å². The van der Waals surface area contributed by atoms with E-state index in [4.69, 9.17) is 0 Å². The molecular weight excluding hydrogens is 182 g/mol. The van der Waals surface area contributed by atoms with Crippen LogP contribution in [0.5, 0.6) is 0 Å². The van der Waals surface area contributed by atoms with Gasteiger partial charge in [0.05, 0.1) is 4.75 Å². The third-order valence-electron chi connectivity index (χ3n) is 2.11. The van der Waals surface area contributed by atoms with E-state index < -0.39 is 11.0 Å². The number of hydrogen-bond donors (Lipinski definition) is 0. The van der Waals surface area contributed by atoms with Crippen LogP contribution in [0.2, 0.25) is 0 Å². The predicted octanol–water partition coefficient (Wildman–Crippen LogP) is 2.10. The van der Waals surface area contributed by atoms with Crippen molar-refractivity contribution < 1.29 is 4.21 Å². The van der Waals surface area contributed by atoms with E-state index in [1.165, 1.54) is 0 Å². The molecule has 13 heavy (non-hydrogen) atoms. The Labute approximate surface area is 83.6 Å². The summed E-state index contributed by atoms with van der Waals surface area (Å²) in [5.74, 6) is 0. The van der Waals surface area contributed by atoms with Gasteiger partial charge in [-0.05, 0) is 33.6 Å². The lowest BCUT2D eigenvalue weighted by Gasteiger charge is -2.18. The van der Waals surface area contributed by atoms with Gasteiger partial charge < -0.3 is 0 Å². The molecule has 0 aromatic rings. The lowest BCUT2D eigenvalue weighted by atomic mass is 10.2. The van der Waals surface area contributed by atoms with Crippen molar-refractivity contribution >= 4 is 11.0 Å². The van der Waals surface area contributed by atoms with Crippen molar-refractivity contribution in [1.29, 1.82) is 0 Å². The fourth-order valence-corrected chi connectivity index (χ4v) is 2.65. The SMILES string of the molecule is C=CCC[C@@H]1CN1S(=O)C(C)(C)C. The molecule has 1 saturated heterocycles. The summed E-state index contributed by atoms with van der Waals surface area (Å²) in [5.41, 5.74) is 0. The van der Waals surface area contributed by atoms with Crippen molar-refractivity contribution in [3.8, 4) is 0 Å². The summed E-state index contributed by atoms with van der Waals surface area (Å²) in [5, 5.41) is 0. The van der Waals surface area contributed by atoms with E-state index in [0.29, 0.717) is 6.04 Å². The number of allylic oxidation sites excluding steroid dienone is 1. The molecule has 0 aliphatic carbocycles. The molecule has 0 aromatic carbocycles. The molecule has 0 spiro atoms. The van der Waals surface area contributed by atoms with Gasteiger partial charge in [-0.3, -0.25) is 0 Å². The Bertz CT molecular complexity index is 219. The topological polar surface area (TPSA) is 20.1 Å². The van der Waals surface area contributed by atoms with Crippen LogP contribution >= 0.6 is 0 Å².